The van der Waals surface area contributed by atoms with E-state index in [-0.39, 0.29) is 29.8 Å². The van der Waals surface area contributed by atoms with Gasteiger partial charge in [0.2, 0.25) is 0 Å². The van der Waals surface area contributed by atoms with Gasteiger partial charge in [0.15, 0.2) is 15.8 Å². The number of aliphatic imine (C=N–C) groups is 1. The van der Waals surface area contributed by atoms with Crippen LogP contribution < -0.4 is 11.5 Å². The van der Waals surface area contributed by atoms with Crippen LogP contribution in [0.25, 0.3) is 0 Å². The highest BCUT2D eigenvalue weighted by Crippen LogP contribution is 2.25. The van der Waals surface area contributed by atoms with Gasteiger partial charge in [0.1, 0.15) is 0 Å². The molecule has 0 spiro atoms. The van der Waals surface area contributed by atoms with Gasteiger partial charge in [-0.3, -0.25) is 9.35 Å². The molecule has 1 rings (SSSR count). The molecule has 5 N–H and O–H groups in total. The fourth-order valence-electron chi connectivity index (χ4n) is 1.65. The summed E-state index contributed by atoms with van der Waals surface area (Å²) in [5, 5.41) is 0. The summed E-state index contributed by atoms with van der Waals surface area (Å²) in [5.41, 5.74) is 11.0. The average Bonchev–Trinajstić information content (AvgIpc) is 2.34. The first-order valence-corrected chi connectivity index (χ1v) is 10.3. The van der Waals surface area contributed by atoms with Crippen LogP contribution in [-0.2, 0) is 20.0 Å². The summed E-state index contributed by atoms with van der Waals surface area (Å²) < 4.78 is 49.4. The molecule has 11 heteroatoms. The minimum absolute atomic E-state index is 0. The number of sulfone groups is 1. The number of rotatable bonds is 3. The van der Waals surface area contributed by atoms with Gasteiger partial charge in [-0.15, -0.1) is 0 Å². The molecule has 0 aliphatic carbocycles. The zero-order chi connectivity index (χ0) is 19.3. The van der Waals surface area contributed by atoms with Crippen molar-refractivity contribution in [2.45, 2.75) is 32.1 Å². The Hall–Kier alpha value is -1.98. The summed E-state index contributed by atoms with van der Waals surface area (Å²) in [7, 11) is -7.09. The van der Waals surface area contributed by atoms with Gasteiger partial charge in [0.05, 0.1) is 11.2 Å². The maximum absolute atomic E-state index is 11.8. The van der Waals surface area contributed by atoms with Crippen molar-refractivity contribution >= 4 is 31.8 Å². The molecule has 0 bridgehead atoms. The standard InChI is InChI=1S/C12H17N3O3S.CH4O3S.CH4/c1-7(2)9-5-4-8(11(16)15-12(13)14)6-10(9)19(3,17)18;1-5(2,3)4;/h4-7H,1-3H3,(H4,13,14,15,16);1H3,(H,2,3,4);1H4. The highest BCUT2D eigenvalue weighted by Gasteiger charge is 2.18. The summed E-state index contributed by atoms with van der Waals surface area (Å²) in [5.74, 6) is -1.00. The van der Waals surface area contributed by atoms with Gasteiger partial charge in [-0.1, -0.05) is 27.3 Å². The number of amides is 1. The molecule has 144 valence electrons. The zero-order valence-corrected chi connectivity index (χ0v) is 15.3. The molecule has 0 saturated heterocycles. The topological polar surface area (TPSA) is 170 Å². The van der Waals surface area contributed by atoms with E-state index < -0.39 is 25.9 Å². The van der Waals surface area contributed by atoms with E-state index in [9.17, 15) is 21.6 Å². The molecule has 0 fully saturated rings. The van der Waals surface area contributed by atoms with Gasteiger partial charge in [0.25, 0.3) is 16.0 Å². The van der Waals surface area contributed by atoms with Gasteiger partial charge in [-0.05, 0) is 23.6 Å². The molecule has 0 aromatic heterocycles. The quantitative estimate of drug-likeness (QED) is 0.382. The van der Waals surface area contributed by atoms with Gasteiger partial charge in [-0.25, -0.2) is 8.42 Å². The van der Waals surface area contributed by atoms with E-state index in [0.717, 1.165) is 6.26 Å². The fourth-order valence-corrected chi connectivity index (χ4v) is 2.72. The average molecular weight is 396 g/mol. The minimum atomic E-state index is -3.67. The van der Waals surface area contributed by atoms with Crippen molar-refractivity contribution in [2.75, 3.05) is 12.5 Å². The predicted octanol–water partition coefficient (Wildman–Crippen LogP) is 0.767. The number of nitrogens with zero attached hydrogens (tertiary/aromatic N) is 1. The van der Waals surface area contributed by atoms with Crippen molar-refractivity contribution in [1.82, 2.24) is 0 Å². The number of guanidine groups is 1. The molecule has 0 aliphatic heterocycles. The van der Waals surface area contributed by atoms with Crippen molar-refractivity contribution in [2.24, 2.45) is 16.5 Å². The molecule has 25 heavy (non-hydrogen) atoms. The molecule has 1 aromatic rings. The lowest BCUT2D eigenvalue weighted by Gasteiger charge is -2.12. The zero-order valence-electron chi connectivity index (χ0n) is 13.7. The van der Waals surface area contributed by atoms with Crippen molar-refractivity contribution in [1.29, 1.82) is 0 Å². The molecule has 0 heterocycles. The molecule has 0 aliphatic rings. The Morgan fingerprint density at radius 3 is 1.88 bits per heavy atom. The number of benzene rings is 1. The molecule has 0 radical (unpaired) electrons. The van der Waals surface area contributed by atoms with E-state index in [1.165, 1.54) is 12.1 Å². The van der Waals surface area contributed by atoms with Gasteiger partial charge in [0, 0.05) is 11.8 Å². The largest absolute Gasteiger partial charge is 0.370 e. The predicted molar refractivity (Wildman–Crippen MR) is 98.0 cm³/mol. The number of hydrogen-bond donors (Lipinski definition) is 3. The molecule has 1 aromatic carbocycles. The van der Waals surface area contributed by atoms with Crippen LogP contribution in [0.3, 0.4) is 0 Å². The smallest absolute Gasteiger partial charge is 0.280 e. The monoisotopic (exact) mass is 395 g/mol. The molecule has 9 nitrogen and oxygen atoms in total. The van der Waals surface area contributed by atoms with Crippen molar-refractivity contribution in [3.8, 4) is 0 Å². The first-order chi connectivity index (χ1) is 10.6. The highest BCUT2D eigenvalue weighted by atomic mass is 32.2. The van der Waals surface area contributed by atoms with Crippen LogP contribution in [-0.4, -0.2) is 45.8 Å². The molecule has 1 amide bonds. The third-order valence-corrected chi connectivity index (χ3v) is 3.67. The molecular formula is C14H25N3O6S2. The molecular weight excluding hydrogens is 370 g/mol. The van der Waals surface area contributed by atoms with Crippen LogP contribution in [0, 0.1) is 0 Å². The Morgan fingerprint density at radius 1 is 1.12 bits per heavy atom. The number of hydrogen-bond acceptors (Lipinski definition) is 5. The highest BCUT2D eigenvalue weighted by molar-refractivity contribution is 7.90. The maximum Gasteiger partial charge on any atom is 0.280 e. The summed E-state index contributed by atoms with van der Waals surface area (Å²) in [6.45, 7) is 3.75. The number of carbonyl (C=O) groups excluding carboxylic acids is 1. The first kappa shape index (κ1) is 25.3. The van der Waals surface area contributed by atoms with Crippen LogP contribution in [0.15, 0.2) is 28.1 Å². The van der Waals surface area contributed by atoms with Crippen molar-refractivity contribution in [3.05, 3.63) is 29.3 Å². The van der Waals surface area contributed by atoms with Crippen LogP contribution in [0.5, 0.6) is 0 Å². The third-order valence-electron chi connectivity index (χ3n) is 2.51. The molecule has 0 saturated carbocycles. The van der Waals surface area contributed by atoms with Gasteiger partial charge < -0.3 is 11.5 Å². The van der Waals surface area contributed by atoms with Gasteiger partial charge in [-0.2, -0.15) is 13.4 Å². The van der Waals surface area contributed by atoms with E-state index in [0.29, 0.717) is 11.8 Å². The van der Waals surface area contributed by atoms with Crippen LogP contribution >= 0.6 is 0 Å². The summed E-state index contributed by atoms with van der Waals surface area (Å²) >= 11 is 0. The van der Waals surface area contributed by atoms with E-state index in [4.69, 9.17) is 16.0 Å². The SMILES string of the molecule is C.CC(C)c1ccc(C(=O)N=C(N)N)cc1S(C)(=O)=O.CS(=O)(=O)O. The van der Waals surface area contributed by atoms with Crippen LogP contribution in [0.4, 0.5) is 0 Å². The second-order valence-corrected chi connectivity index (χ2v) is 8.70. The van der Waals surface area contributed by atoms with Crippen LogP contribution in [0.1, 0.15) is 43.1 Å². The normalized spacial score (nSPS) is 11.0. The fraction of sp³-hybridized carbons (Fsp3) is 0.429. The van der Waals surface area contributed by atoms with Crippen molar-refractivity contribution in [3.63, 3.8) is 0 Å². The molecule has 0 atom stereocenters. The third kappa shape index (κ3) is 10.5. The number of nitrogens with two attached hydrogens (primary N) is 2. The van der Waals surface area contributed by atoms with E-state index >= 15 is 0 Å². The first-order valence-electron chi connectivity index (χ1n) is 6.53. The Kier molecular flexibility index (Phi) is 9.59. The van der Waals surface area contributed by atoms with E-state index in [1.807, 2.05) is 13.8 Å². The van der Waals surface area contributed by atoms with Crippen molar-refractivity contribution < 1.29 is 26.2 Å². The Morgan fingerprint density at radius 2 is 1.56 bits per heavy atom. The summed E-state index contributed by atoms with van der Waals surface area (Å²) in [6.07, 6.45) is 1.82. The Labute approximate surface area is 148 Å². The number of carbonyl (C=O) groups is 1. The second-order valence-electron chi connectivity index (χ2n) is 5.25. The van der Waals surface area contributed by atoms with Gasteiger partial charge >= 0.3 is 0 Å². The van der Waals surface area contributed by atoms with Crippen LogP contribution in [0.2, 0.25) is 0 Å². The van der Waals surface area contributed by atoms with E-state index in [1.54, 1.807) is 6.07 Å². The molecule has 0 unspecified atom stereocenters. The minimum Gasteiger partial charge on any atom is -0.370 e. The van der Waals surface area contributed by atoms with E-state index in [2.05, 4.69) is 4.99 Å². The Bertz CT molecular complexity index is 831. The Balaban J connectivity index is 0. The lowest BCUT2D eigenvalue weighted by Crippen LogP contribution is -2.24. The second kappa shape index (κ2) is 9.49. The lowest BCUT2D eigenvalue weighted by molar-refractivity contribution is 0.100. The lowest BCUT2D eigenvalue weighted by atomic mass is 10.0. The summed E-state index contributed by atoms with van der Waals surface area (Å²) in [6, 6.07) is 4.43. The maximum atomic E-state index is 11.8. The summed E-state index contributed by atoms with van der Waals surface area (Å²) in [4.78, 5) is 15.2.